The van der Waals surface area contributed by atoms with E-state index in [1.807, 2.05) is 42.7 Å². The van der Waals surface area contributed by atoms with Gasteiger partial charge in [-0.05, 0) is 85.4 Å². The number of nitrogens with one attached hydrogen (secondary N) is 2. The first kappa shape index (κ1) is 27.3. The summed E-state index contributed by atoms with van der Waals surface area (Å²) in [5.74, 6) is -0.221. The zero-order valence-electron chi connectivity index (χ0n) is 23.2. The van der Waals surface area contributed by atoms with Gasteiger partial charge in [0.15, 0.2) is 11.5 Å². The van der Waals surface area contributed by atoms with Crippen LogP contribution >= 0.6 is 0 Å². The average Bonchev–Trinajstić information content (AvgIpc) is 3.75. The predicted molar refractivity (Wildman–Crippen MR) is 164 cm³/mol. The molecule has 2 aromatic carbocycles. The van der Waals surface area contributed by atoms with Crippen molar-refractivity contribution in [3.63, 3.8) is 0 Å². The number of nitrogens with zero attached hydrogens (tertiary/aromatic N) is 5. The van der Waals surface area contributed by atoms with Gasteiger partial charge in [0.2, 0.25) is 10.0 Å². The zero-order chi connectivity index (χ0) is 29.6. The summed E-state index contributed by atoms with van der Waals surface area (Å²) in [6.45, 7) is 3.11. The number of likely N-dealkylation sites (tertiary alicyclic amines) is 1. The van der Waals surface area contributed by atoms with Crippen LogP contribution in [0.3, 0.4) is 0 Å². The molecule has 0 spiro atoms. The fourth-order valence-corrected chi connectivity index (χ4v) is 6.25. The molecule has 0 radical (unpaired) electrons. The van der Waals surface area contributed by atoms with E-state index in [1.54, 1.807) is 6.07 Å². The van der Waals surface area contributed by atoms with Gasteiger partial charge in [-0.2, -0.15) is 5.10 Å². The van der Waals surface area contributed by atoms with Crippen LogP contribution in [-0.2, 0) is 23.0 Å². The van der Waals surface area contributed by atoms with Crippen molar-refractivity contribution >= 4 is 32.1 Å². The van der Waals surface area contributed by atoms with Crippen molar-refractivity contribution in [2.24, 2.45) is 5.14 Å². The van der Waals surface area contributed by atoms with E-state index >= 15 is 0 Å². The van der Waals surface area contributed by atoms with Gasteiger partial charge in [0.25, 0.3) is 0 Å². The first-order valence-electron chi connectivity index (χ1n) is 14.1. The van der Waals surface area contributed by atoms with Crippen molar-refractivity contribution in [2.75, 3.05) is 18.8 Å². The molecule has 10 nitrogen and oxygen atoms in total. The van der Waals surface area contributed by atoms with Crippen LogP contribution in [0.25, 0.3) is 56.0 Å². The van der Waals surface area contributed by atoms with Gasteiger partial charge in [0, 0.05) is 30.1 Å². The van der Waals surface area contributed by atoms with Crippen LogP contribution in [-0.4, -0.2) is 62.3 Å². The Hall–Kier alpha value is -4.52. The molecule has 0 atom stereocenters. The molecular formula is C31H29FN8O2S. The molecule has 12 heteroatoms. The normalized spacial score (nSPS) is 14.3. The van der Waals surface area contributed by atoms with Crippen molar-refractivity contribution in [2.45, 2.75) is 25.8 Å². The lowest BCUT2D eigenvalue weighted by Crippen LogP contribution is -2.18. The Morgan fingerprint density at radius 3 is 2.58 bits per heavy atom. The summed E-state index contributed by atoms with van der Waals surface area (Å²) >= 11 is 0. The van der Waals surface area contributed by atoms with Crippen LogP contribution in [0.1, 0.15) is 24.0 Å². The third kappa shape index (κ3) is 5.76. The highest BCUT2D eigenvalue weighted by atomic mass is 32.2. The number of aryl methyl sites for hydroxylation is 1. The molecule has 43 heavy (non-hydrogen) atoms. The molecule has 5 heterocycles. The minimum absolute atomic E-state index is 0.106. The van der Waals surface area contributed by atoms with E-state index in [2.05, 4.69) is 31.1 Å². The minimum atomic E-state index is -3.68. The zero-order valence-corrected chi connectivity index (χ0v) is 24.0. The van der Waals surface area contributed by atoms with Crippen molar-refractivity contribution in [1.29, 1.82) is 0 Å². The molecule has 0 amide bonds. The lowest BCUT2D eigenvalue weighted by molar-refractivity contribution is 0.331. The number of benzene rings is 2. The summed E-state index contributed by atoms with van der Waals surface area (Å²) < 4.78 is 37.5. The van der Waals surface area contributed by atoms with E-state index in [0.29, 0.717) is 39.2 Å². The number of halogens is 1. The van der Waals surface area contributed by atoms with Gasteiger partial charge in [-0.25, -0.2) is 27.9 Å². The maximum Gasteiger partial charge on any atom is 0.209 e. The highest BCUT2D eigenvalue weighted by Gasteiger charge is 2.18. The third-order valence-electron chi connectivity index (χ3n) is 7.78. The van der Waals surface area contributed by atoms with Gasteiger partial charge >= 0.3 is 0 Å². The Morgan fingerprint density at radius 2 is 1.74 bits per heavy atom. The number of sulfonamides is 1. The maximum atomic E-state index is 14.6. The Balaban J connectivity index is 1.24. The average molecular weight is 597 g/mol. The van der Waals surface area contributed by atoms with Crippen LogP contribution in [0, 0.1) is 5.82 Å². The number of aromatic nitrogens is 6. The molecule has 1 aliphatic heterocycles. The van der Waals surface area contributed by atoms with E-state index in [0.717, 1.165) is 47.5 Å². The van der Waals surface area contributed by atoms with Crippen LogP contribution in [0.15, 0.2) is 67.0 Å². The van der Waals surface area contributed by atoms with E-state index in [-0.39, 0.29) is 12.2 Å². The number of aromatic amines is 2. The van der Waals surface area contributed by atoms with Gasteiger partial charge in [0.1, 0.15) is 11.3 Å². The van der Waals surface area contributed by atoms with E-state index in [9.17, 15) is 12.8 Å². The molecule has 1 aliphatic rings. The number of primary sulfonamides is 1. The summed E-state index contributed by atoms with van der Waals surface area (Å²) in [5.41, 5.74) is 8.07. The fourth-order valence-electron chi connectivity index (χ4n) is 5.73. The summed E-state index contributed by atoms with van der Waals surface area (Å²) in [4.78, 5) is 20.1. The minimum Gasteiger partial charge on any atom is -0.336 e. The van der Waals surface area contributed by atoms with E-state index < -0.39 is 15.8 Å². The summed E-state index contributed by atoms with van der Waals surface area (Å²) in [6, 6.07) is 16.1. The van der Waals surface area contributed by atoms with Crippen LogP contribution in [0.5, 0.6) is 0 Å². The molecule has 218 valence electrons. The van der Waals surface area contributed by atoms with Crippen LogP contribution in [0.4, 0.5) is 4.39 Å². The Bertz CT molecular complexity index is 2080. The number of pyridine rings is 2. The second kappa shape index (κ2) is 11.0. The standard InChI is InChI=1S/C31H29FN8O2S/c32-23-14-19(8-11-43(33,41)42)12-21(15-23)24-4-3-5-26-28(24)37-31(36-26)30-29-27(38-39-30)7-6-25(35-29)22-13-20(16-34-17-22)18-40-9-1-2-10-40/h3-7,12-17H,1-2,8-11,18H2,(H,36,37)(H,38,39)(H2,33,41,42). The van der Waals surface area contributed by atoms with Crippen LogP contribution in [0.2, 0.25) is 0 Å². The van der Waals surface area contributed by atoms with Crippen molar-refractivity contribution in [1.82, 2.24) is 35.0 Å². The molecule has 4 aromatic heterocycles. The number of imidazole rings is 1. The molecule has 6 aromatic rings. The lowest BCUT2D eigenvalue weighted by Gasteiger charge is -2.14. The predicted octanol–water partition coefficient (Wildman–Crippen LogP) is 4.80. The molecular weight excluding hydrogens is 567 g/mol. The number of fused-ring (bicyclic) bond motifs is 2. The van der Waals surface area contributed by atoms with Crippen molar-refractivity contribution in [3.8, 4) is 33.9 Å². The van der Waals surface area contributed by atoms with Crippen molar-refractivity contribution in [3.05, 3.63) is 83.9 Å². The molecule has 0 bridgehead atoms. The van der Waals surface area contributed by atoms with Gasteiger partial charge in [-0.1, -0.05) is 18.2 Å². The number of para-hydroxylation sites is 1. The monoisotopic (exact) mass is 596 g/mol. The number of hydrogen-bond acceptors (Lipinski definition) is 7. The van der Waals surface area contributed by atoms with Crippen molar-refractivity contribution < 1.29 is 12.8 Å². The van der Waals surface area contributed by atoms with Gasteiger partial charge < -0.3 is 4.98 Å². The SMILES string of the molecule is NS(=O)(=O)CCc1cc(F)cc(-c2cccc3[nH]c(-c4n[nH]c5ccc(-c6cncc(CN7CCCC7)c6)nc45)nc23)c1. The first-order chi connectivity index (χ1) is 20.8. The topological polar surface area (TPSA) is 147 Å². The lowest BCUT2D eigenvalue weighted by atomic mass is 10.0. The summed E-state index contributed by atoms with van der Waals surface area (Å²) in [5, 5.41) is 12.7. The molecule has 7 rings (SSSR count). The smallest absolute Gasteiger partial charge is 0.209 e. The highest BCUT2D eigenvalue weighted by Crippen LogP contribution is 2.33. The molecule has 0 aliphatic carbocycles. The van der Waals surface area contributed by atoms with Gasteiger partial charge in [-0.15, -0.1) is 0 Å². The van der Waals surface area contributed by atoms with Gasteiger partial charge in [0.05, 0.1) is 28.0 Å². The molecule has 0 unspecified atom stereocenters. The quantitative estimate of drug-likeness (QED) is 0.229. The first-order valence-corrected chi connectivity index (χ1v) is 15.8. The summed E-state index contributed by atoms with van der Waals surface area (Å²) in [6.07, 6.45) is 6.32. The van der Waals surface area contributed by atoms with Gasteiger partial charge in [-0.3, -0.25) is 15.0 Å². The highest BCUT2D eigenvalue weighted by molar-refractivity contribution is 7.89. The van der Waals surface area contributed by atoms with E-state index in [4.69, 9.17) is 15.1 Å². The number of H-pyrrole nitrogens is 2. The number of rotatable bonds is 8. The number of hydrogen-bond donors (Lipinski definition) is 3. The fraction of sp³-hybridized carbons (Fsp3) is 0.226. The Morgan fingerprint density at radius 1 is 0.907 bits per heavy atom. The molecule has 1 fully saturated rings. The second-order valence-electron chi connectivity index (χ2n) is 11.0. The van der Waals surface area contributed by atoms with E-state index in [1.165, 1.54) is 25.0 Å². The van der Waals surface area contributed by atoms with Crippen LogP contribution < -0.4 is 5.14 Å². The largest absolute Gasteiger partial charge is 0.336 e. The molecule has 4 N–H and O–H groups in total. The maximum absolute atomic E-state index is 14.6. The second-order valence-corrected chi connectivity index (χ2v) is 12.7. The third-order valence-corrected chi connectivity index (χ3v) is 8.56. The Labute approximate surface area is 247 Å². The molecule has 1 saturated heterocycles. The molecule has 0 saturated carbocycles. The summed E-state index contributed by atoms with van der Waals surface area (Å²) in [7, 11) is -3.68. The number of nitrogens with two attached hydrogens (primary N) is 1. The Kier molecular flexibility index (Phi) is 6.96.